The lowest BCUT2D eigenvalue weighted by atomic mass is 9.99. The van der Waals surface area contributed by atoms with E-state index in [9.17, 15) is 4.79 Å². The van der Waals surface area contributed by atoms with Crippen LogP contribution in [0.1, 0.15) is 19.5 Å². The summed E-state index contributed by atoms with van der Waals surface area (Å²) in [6.45, 7) is 3.65. The molecule has 1 rings (SSSR count). The Morgan fingerprint density at radius 1 is 1.64 bits per heavy atom. The summed E-state index contributed by atoms with van der Waals surface area (Å²) < 4.78 is 4.86. The van der Waals surface area contributed by atoms with Crippen LogP contribution in [-0.4, -0.2) is 17.6 Å². The molecule has 4 nitrogen and oxygen atoms in total. The SMILES string of the molecule is CCOC(=O)C(C)(N)c1ccccn1. The van der Waals surface area contributed by atoms with Gasteiger partial charge in [-0.3, -0.25) is 4.98 Å². The molecular formula is C10H14N2O2. The molecule has 1 unspecified atom stereocenters. The molecule has 4 heteroatoms. The highest BCUT2D eigenvalue weighted by Crippen LogP contribution is 2.16. The van der Waals surface area contributed by atoms with Gasteiger partial charge in [-0.2, -0.15) is 0 Å². The van der Waals surface area contributed by atoms with E-state index in [1.165, 1.54) is 0 Å². The lowest BCUT2D eigenvalue weighted by molar-refractivity contribution is -0.149. The summed E-state index contributed by atoms with van der Waals surface area (Å²) in [6.07, 6.45) is 1.60. The molecule has 0 aliphatic carbocycles. The van der Waals surface area contributed by atoms with E-state index in [-0.39, 0.29) is 0 Å². The Labute approximate surface area is 83.1 Å². The van der Waals surface area contributed by atoms with E-state index in [4.69, 9.17) is 10.5 Å². The van der Waals surface area contributed by atoms with Crippen molar-refractivity contribution in [1.82, 2.24) is 4.98 Å². The Hall–Kier alpha value is -1.42. The van der Waals surface area contributed by atoms with Crippen LogP contribution in [0.3, 0.4) is 0 Å². The summed E-state index contributed by atoms with van der Waals surface area (Å²) in [5, 5.41) is 0. The number of hydrogen-bond acceptors (Lipinski definition) is 4. The van der Waals surface area contributed by atoms with Gasteiger partial charge in [0.1, 0.15) is 0 Å². The molecule has 0 saturated carbocycles. The molecule has 0 fully saturated rings. The monoisotopic (exact) mass is 194 g/mol. The molecule has 1 heterocycles. The number of esters is 1. The summed E-state index contributed by atoms with van der Waals surface area (Å²) in [7, 11) is 0. The van der Waals surface area contributed by atoms with Crippen LogP contribution in [0.5, 0.6) is 0 Å². The highest BCUT2D eigenvalue weighted by atomic mass is 16.5. The fraction of sp³-hybridized carbons (Fsp3) is 0.400. The Balaban J connectivity index is 2.90. The Kier molecular flexibility index (Phi) is 3.19. The van der Waals surface area contributed by atoms with Gasteiger partial charge in [-0.15, -0.1) is 0 Å². The maximum absolute atomic E-state index is 11.5. The van der Waals surface area contributed by atoms with E-state index < -0.39 is 11.5 Å². The number of pyridine rings is 1. The molecule has 1 aromatic rings. The first-order valence-electron chi connectivity index (χ1n) is 4.46. The summed E-state index contributed by atoms with van der Waals surface area (Å²) in [6, 6.07) is 5.26. The van der Waals surface area contributed by atoms with Crippen LogP contribution in [0.25, 0.3) is 0 Å². The molecule has 0 spiro atoms. The maximum Gasteiger partial charge on any atom is 0.332 e. The second-order valence-corrected chi connectivity index (χ2v) is 3.14. The fourth-order valence-corrected chi connectivity index (χ4v) is 1.06. The minimum Gasteiger partial charge on any atom is -0.464 e. The van der Waals surface area contributed by atoms with Crippen LogP contribution in [-0.2, 0) is 15.1 Å². The van der Waals surface area contributed by atoms with Gasteiger partial charge >= 0.3 is 5.97 Å². The first-order valence-corrected chi connectivity index (χ1v) is 4.46. The van der Waals surface area contributed by atoms with Crippen molar-refractivity contribution in [1.29, 1.82) is 0 Å². The van der Waals surface area contributed by atoms with Crippen molar-refractivity contribution in [2.24, 2.45) is 5.73 Å². The van der Waals surface area contributed by atoms with Gasteiger partial charge in [0.2, 0.25) is 0 Å². The lowest BCUT2D eigenvalue weighted by Crippen LogP contribution is -2.43. The number of carbonyl (C=O) groups excluding carboxylic acids is 1. The second-order valence-electron chi connectivity index (χ2n) is 3.14. The molecule has 0 amide bonds. The number of carbonyl (C=O) groups is 1. The zero-order valence-electron chi connectivity index (χ0n) is 8.36. The standard InChI is InChI=1S/C10H14N2O2/c1-3-14-9(13)10(2,11)8-6-4-5-7-12-8/h4-7H,3,11H2,1-2H3. The first-order chi connectivity index (χ1) is 6.59. The average molecular weight is 194 g/mol. The number of nitrogens with two attached hydrogens (primary N) is 1. The zero-order valence-corrected chi connectivity index (χ0v) is 8.36. The molecule has 0 radical (unpaired) electrons. The summed E-state index contributed by atoms with van der Waals surface area (Å²) >= 11 is 0. The predicted octanol–water partition coefficient (Wildman–Crippen LogP) is 0.819. The van der Waals surface area contributed by atoms with Crippen molar-refractivity contribution in [3.05, 3.63) is 30.1 Å². The molecule has 1 atom stereocenters. The number of nitrogens with zero attached hydrogens (tertiary/aromatic N) is 1. The van der Waals surface area contributed by atoms with E-state index >= 15 is 0 Å². The van der Waals surface area contributed by atoms with Gasteiger partial charge in [-0.25, -0.2) is 4.79 Å². The minimum atomic E-state index is -1.17. The van der Waals surface area contributed by atoms with Crippen LogP contribution in [0, 0.1) is 0 Å². The molecule has 0 saturated heterocycles. The molecule has 0 aliphatic rings. The van der Waals surface area contributed by atoms with Gasteiger partial charge in [0.05, 0.1) is 12.3 Å². The number of rotatable bonds is 3. The van der Waals surface area contributed by atoms with Crippen molar-refractivity contribution < 1.29 is 9.53 Å². The van der Waals surface area contributed by atoms with Crippen LogP contribution >= 0.6 is 0 Å². The van der Waals surface area contributed by atoms with Crippen LogP contribution < -0.4 is 5.73 Å². The van der Waals surface area contributed by atoms with E-state index in [0.29, 0.717) is 12.3 Å². The molecular weight excluding hydrogens is 180 g/mol. The largest absolute Gasteiger partial charge is 0.464 e. The van der Waals surface area contributed by atoms with Crippen molar-refractivity contribution in [3.63, 3.8) is 0 Å². The number of hydrogen-bond donors (Lipinski definition) is 1. The van der Waals surface area contributed by atoms with Gasteiger partial charge in [-0.05, 0) is 26.0 Å². The van der Waals surface area contributed by atoms with Crippen LogP contribution in [0.4, 0.5) is 0 Å². The normalized spacial score (nSPS) is 14.5. The van der Waals surface area contributed by atoms with Crippen LogP contribution in [0.15, 0.2) is 24.4 Å². The smallest absolute Gasteiger partial charge is 0.332 e. The fourth-order valence-electron chi connectivity index (χ4n) is 1.06. The molecule has 76 valence electrons. The van der Waals surface area contributed by atoms with E-state index in [1.807, 2.05) is 0 Å². The van der Waals surface area contributed by atoms with E-state index in [0.717, 1.165) is 0 Å². The third-order valence-electron chi connectivity index (χ3n) is 1.90. The highest BCUT2D eigenvalue weighted by Gasteiger charge is 2.33. The molecule has 0 bridgehead atoms. The maximum atomic E-state index is 11.5. The lowest BCUT2D eigenvalue weighted by Gasteiger charge is -2.21. The third-order valence-corrected chi connectivity index (χ3v) is 1.90. The van der Waals surface area contributed by atoms with Crippen molar-refractivity contribution >= 4 is 5.97 Å². The van der Waals surface area contributed by atoms with Crippen molar-refractivity contribution in [2.45, 2.75) is 19.4 Å². The zero-order chi connectivity index (χ0) is 10.6. The van der Waals surface area contributed by atoms with Gasteiger partial charge in [0.25, 0.3) is 0 Å². The molecule has 1 aromatic heterocycles. The first kappa shape index (κ1) is 10.7. The minimum absolute atomic E-state index is 0.318. The summed E-state index contributed by atoms with van der Waals surface area (Å²) in [5.74, 6) is -0.460. The van der Waals surface area contributed by atoms with Gasteiger partial charge in [-0.1, -0.05) is 6.07 Å². The number of aromatic nitrogens is 1. The van der Waals surface area contributed by atoms with E-state index in [1.54, 1.807) is 38.2 Å². The Morgan fingerprint density at radius 2 is 2.36 bits per heavy atom. The molecule has 2 N–H and O–H groups in total. The van der Waals surface area contributed by atoms with Crippen LogP contribution in [0.2, 0.25) is 0 Å². The quantitative estimate of drug-likeness (QED) is 0.723. The number of ether oxygens (including phenoxy) is 1. The van der Waals surface area contributed by atoms with Gasteiger partial charge in [0, 0.05) is 6.20 Å². The van der Waals surface area contributed by atoms with Gasteiger partial charge < -0.3 is 10.5 Å². The van der Waals surface area contributed by atoms with E-state index in [2.05, 4.69) is 4.98 Å². The van der Waals surface area contributed by atoms with Crippen molar-refractivity contribution in [2.75, 3.05) is 6.61 Å². The molecule has 0 aliphatic heterocycles. The Morgan fingerprint density at radius 3 is 2.86 bits per heavy atom. The molecule has 14 heavy (non-hydrogen) atoms. The highest BCUT2D eigenvalue weighted by molar-refractivity contribution is 5.81. The third kappa shape index (κ3) is 2.09. The van der Waals surface area contributed by atoms with Crippen molar-refractivity contribution in [3.8, 4) is 0 Å². The second kappa shape index (κ2) is 4.19. The predicted molar refractivity (Wildman–Crippen MR) is 52.4 cm³/mol. The summed E-state index contributed by atoms with van der Waals surface area (Å²) in [4.78, 5) is 15.5. The van der Waals surface area contributed by atoms with Gasteiger partial charge in [0.15, 0.2) is 5.54 Å². The Bertz CT molecular complexity index is 309. The summed E-state index contributed by atoms with van der Waals surface area (Å²) in [5.41, 5.74) is 5.17. The molecule has 0 aromatic carbocycles. The average Bonchev–Trinajstić information content (AvgIpc) is 2.19. The topological polar surface area (TPSA) is 65.2 Å².